The van der Waals surface area contributed by atoms with Crippen LogP contribution in [0.4, 0.5) is 0 Å². The van der Waals surface area contributed by atoms with Gasteiger partial charge in [-0.1, -0.05) is 11.6 Å². The molecule has 2 rings (SSSR count). The van der Waals surface area contributed by atoms with Crippen molar-refractivity contribution in [3.8, 4) is 5.75 Å². The van der Waals surface area contributed by atoms with Gasteiger partial charge in [0.25, 0.3) is 0 Å². The lowest BCUT2D eigenvalue weighted by Gasteiger charge is -2.32. The summed E-state index contributed by atoms with van der Waals surface area (Å²) >= 11 is 5.97. The maximum atomic E-state index is 12.4. The second-order valence-electron chi connectivity index (χ2n) is 6.40. The molecule has 1 aliphatic heterocycles. The highest BCUT2D eigenvalue weighted by Crippen LogP contribution is 2.23. The summed E-state index contributed by atoms with van der Waals surface area (Å²) in [5.41, 5.74) is 0.646. The molecule has 1 unspecified atom stereocenters. The number of piperidine rings is 1. The number of methoxy groups -OCH3 is 1. The molecule has 1 fully saturated rings. The Kier molecular flexibility index (Phi) is 6.85. The van der Waals surface area contributed by atoms with E-state index in [1.165, 1.54) is 16.9 Å². The van der Waals surface area contributed by atoms with Crippen LogP contribution in [0, 0.1) is 5.92 Å². The van der Waals surface area contributed by atoms with Gasteiger partial charge in [-0.05, 0) is 31.0 Å². The highest BCUT2D eigenvalue weighted by Gasteiger charge is 2.29. The van der Waals surface area contributed by atoms with Crippen molar-refractivity contribution < 1.29 is 24.2 Å². The minimum absolute atomic E-state index is 0.0608. The summed E-state index contributed by atoms with van der Waals surface area (Å²) in [6.45, 7) is 0.624. The van der Waals surface area contributed by atoms with Crippen LogP contribution in [0.15, 0.2) is 18.2 Å². The highest BCUT2D eigenvalue weighted by molar-refractivity contribution is 6.30. The molecular formula is C18H23ClN2O5. The van der Waals surface area contributed by atoms with Crippen molar-refractivity contribution in [1.29, 1.82) is 0 Å². The second-order valence-corrected chi connectivity index (χ2v) is 6.84. The van der Waals surface area contributed by atoms with Gasteiger partial charge in [-0.25, -0.2) is 0 Å². The van der Waals surface area contributed by atoms with Crippen molar-refractivity contribution >= 4 is 29.4 Å². The van der Waals surface area contributed by atoms with Gasteiger partial charge in [0.2, 0.25) is 11.8 Å². The van der Waals surface area contributed by atoms with E-state index in [4.69, 9.17) is 21.4 Å². The van der Waals surface area contributed by atoms with Gasteiger partial charge in [-0.3, -0.25) is 14.4 Å². The molecule has 7 nitrogen and oxygen atoms in total. The third kappa shape index (κ3) is 5.11. The van der Waals surface area contributed by atoms with Crippen LogP contribution >= 0.6 is 11.6 Å². The zero-order chi connectivity index (χ0) is 19.3. The number of aliphatic carboxylic acids is 1. The molecule has 8 heteroatoms. The summed E-state index contributed by atoms with van der Waals surface area (Å²) in [6.07, 6.45) is 1.29. The number of nitrogens with zero attached hydrogens (tertiary/aromatic N) is 2. The first-order valence-electron chi connectivity index (χ1n) is 8.38. The van der Waals surface area contributed by atoms with E-state index >= 15 is 0 Å². The molecule has 0 saturated carbocycles. The SMILES string of the molecule is COc1ccc(Cl)cc1CC(=O)N(C)CC(=O)N1CCCC(C(=O)O)C1. The fourth-order valence-corrected chi connectivity index (χ4v) is 3.17. The zero-order valence-electron chi connectivity index (χ0n) is 14.9. The van der Waals surface area contributed by atoms with Crippen molar-refractivity contribution in [2.75, 3.05) is 33.8 Å². The topological polar surface area (TPSA) is 87.2 Å². The molecule has 1 atom stereocenters. The Balaban J connectivity index is 1.95. The quantitative estimate of drug-likeness (QED) is 0.808. The molecular weight excluding hydrogens is 360 g/mol. The van der Waals surface area contributed by atoms with Crippen molar-refractivity contribution in [3.05, 3.63) is 28.8 Å². The van der Waals surface area contributed by atoms with E-state index < -0.39 is 11.9 Å². The van der Waals surface area contributed by atoms with E-state index in [-0.39, 0.29) is 31.3 Å². The van der Waals surface area contributed by atoms with Crippen molar-refractivity contribution in [2.24, 2.45) is 5.92 Å². The highest BCUT2D eigenvalue weighted by atomic mass is 35.5. The molecule has 1 heterocycles. The van der Waals surface area contributed by atoms with E-state index in [1.807, 2.05) is 0 Å². The molecule has 142 valence electrons. The lowest BCUT2D eigenvalue weighted by atomic mass is 9.98. The summed E-state index contributed by atoms with van der Waals surface area (Å²) in [5.74, 6) is -1.36. The third-order valence-electron chi connectivity index (χ3n) is 4.51. The Hall–Kier alpha value is -2.28. The monoisotopic (exact) mass is 382 g/mol. The number of halogens is 1. The summed E-state index contributed by atoms with van der Waals surface area (Å²) < 4.78 is 5.23. The Morgan fingerprint density at radius 2 is 2.12 bits per heavy atom. The number of benzene rings is 1. The number of rotatable bonds is 6. The van der Waals surface area contributed by atoms with Crippen molar-refractivity contribution in [3.63, 3.8) is 0 Å². The first-order valence-corrected chi connectivity index (χ1v) is 8.76. The van der Waals surface area contributed by atoms with Crippen LogP contribution in [-0.2, 0) is 20.8 Å². The maximum absolute atomic E-state index is 12.4. The number of likely N-dealkylation sites (tertiary alicyclic amines) is 1. The zero-order valence-corrected chi connectivity index (χ0v) is 15.7. The predicted molar refractivity (Wildman–Crippen MR) is 96.3 cm³/mol. The standard InChI is InChI=1S/C18H23ClN2O5/c1-20(11-17(23)21-7-3-4-12(10-21)18(24)25)16(22)9-13-8-14(19)5-6-15(13)26-2/h5-6,8,12H,3-4,7,9-11H2,1-2H3,(H,24,25). The largest absolute Gasteiger partial charge is 0.496 e. The lowest BCUT2D eigenvalue weighted by molar-refractivity contribution is -0.147. The van der Waals surface area contributed by atoms with E-state index in [2.05, 4.69) is 0 Å². The number of hydrogen-bond donors (Lipinski definition) is 1. The summed E-state index contributed by atoms with van der Waals surface area (Å²) in [7, 11) is 3.07. The molecule has 0 bridgehead atoms. The van der Waals surface area contributed by atoms with Gasteiger partial charge in [0.1, 0.15) is 5.75 Å². The second kappa shape index (κ2) is 8.89. The molecule has 0 radical (unpaired) electrons. The van der Waals surface area contributed by atoms with Crippen molar-refractivity contribution in [2.45, 2.75) is 19.3 Å². The molecule has 1 aromatic carbocycles. The number of carbonyl (C=O) groups excluding carboxylic acids is 2. The van der Waals surface area contributed by atoms with Crippen LogP contribution < -0.4 is 4.74 Å². The van der Waals surface area contributed by atoms with Gasteiger partial charge >= 0.3 is 5.97 Å². The molecule has 26 heavy (non-hydrogen) atoms. The fourth-order valence-electron chi connectivity index (χ4n) is 2.98. The number of ether oxygens (including phenoxy) is 1. The van der Waals surface area contributed by atoms with Gasteiger partial charge < -0.3 is 19.6 Å². The van der Waals surface area contributed by atoms with Gasteiger partial charge in [0, 0.05) is 30.7 Å². The predicted octanol–water partition coefficient (Wildman–Crippen LogP) is 1.67. The van der Waals surface area contributed by atoms with E-state index in [0.717, 1.165) is 0 Å². The minimum Gasteiger partial charge on any atom is -0.496 e. The van der Waals surface area contributed by atoms with Gasteiger partial charge in [-0.15, -0.1) is 0 Å². The summed E-state index contributed by atoms with van der Waals surface area (Å²) in [6, 6.07) is 5.03. The first-order chi connectivity index (χ1) is 12.3. The smallest absolute Gasteiger partial charge is 0.308 e. The molecule has 1 aromatic rings. The van der Waals surface area contributed by atoms with Crippen LogP contribution in [-0.4, -0.2) is 66.5 Å². The Bertz CT molecular complexity index is 694. The lowest BCUT2D eigenvalue weighted by Crippen LogP contribution is -2.47. The maximum Gasteiger partial charge on any atom is 0.308 e. The fraction of sp³-hybridized carbons (Fsp3) is 0.500. The number of carbonyl (C=O) groups is 3. The van der Waals surface area contributed by atoms with Crippen LogP contribution in [0.3, 0.4) is 0 Å². The van der Waals surface area contributed by atoms with Crippen molar-refractivity contribution in [1.82, 2.24) is 9.80 Å². The van der Waals surface area contributed by atoms with Gasteiger partial charge in [0.15, 0.2) is 0 Å². The molecule has 0 spiro atoms. The van der Waals surface area contributed by atoms with Gasteiger partial charge in [-0.2, -0.15) is 0 Å². The van der Waals surface area contributed by atoms with E-state index in [9.17, 15) is 14.4 Å². The first kappa shape index (κ1) is 20.0. The number of likely N-dealkylation sites (N-methyl/N-ethyl adjacent to an activating group) is 1. The Morgan fingerprint density at radius 3 is 2.77 bits per heavy atom. The van der Waals surface area contributed by atoms with E-state index in [1.54, 1.807) is 25.2 Å². The molecule has 1 N–H and O–H groups in total. The summed E-state index contributed by atoms with van der Waals surface area (Å²) in [4.78, 5) is 38.8. The van der Waals surface area contributed by atoms with Gasteiger partial charge in [0.05, 0.1) is 26.0 Å². The van der Waals surface area contributed by atoms with Crippen LogP contribution in [0.2, 0.25) is 5.02 Å². The molecule has 0 aliphatic carbocycles. The van der Waals surface area contributed by atoms with Crippen LogP contribution in [0.25, 0.3) is 0 Å². The third-order valence-corrected chi connectivity index (χ3v) is 4.74. The molecule has 2 amide bonds. The average molecular weight is 383 g/mol. The van der Waals surface area contributed by atoms with E-state index in [0.29, 0.717) is 35.7 Å². The number of amides is 2. The Labute approximate surface area is 157 Å². The minimum atomic E-state index is -0.889. The van der Waals surface area contributed by atoms with Crippen LogP contribution in [0.5, 0.6) is 5.75 Å². The van der Waals surface area contributed by atoms with Crippen LogP contribution in [0.1, 0.15) is 18.4 Å². The molecule has 0 aromatic heterocycles. The molecule has 1 aliphatic rings. The molecule has 1 saturated heterocycles. The number of carboxylic acid groups (broad SMARTS) is 1. The number of carboxylic acids is 1. The number of hydrogen-bond acceptors (Lipinski definition) is 4. The normalized spacial score (nSPS) is 16.9. The average Bonchev–Trinajstić information content (AvgIpc) is 2.61. The Morgan fingerprint density at radius 1 is 1.38 bits per heavy atom. The summed E-state index contributed by atoms with van der Waals surface area (Å²) in [5, 5.41) is 9.62.